The van der Waals surface area contributed by atoms with Gasteiger partial charge in [0.1, 0.15) is 12.4 Å². The van der Waals surface area contributed by atoms with Crippen molar-refractivity contribution in [1.82, 2.24) is 13.9 Å². The van der Waals surface area contributed by atoms with Crippen molar-refractivity contribution in [3.8, 4) is 5.75 Å². The van der Waals surface area contributed by atoms with Gasteiger partial charge < -0.3 is 10.1 Å². The Labute approximate surface area is 212 Å². The summed E-state index contributed by atoms with van der Waals surface area (Å²) < 4.78 is 58.0. The van der Waals surface area contributed by atoms with E-state index in [4.69, 9.17) is 16.3 Å². The van der Waals surface area contributed by atoms with Gasteiger partial charge in [-0.05, 0) is 54.8 Å². The van der Waals surface area contributed by atoms with Gasteiger partial charge in [-0.1, -0.05) is 23.7 Å². The van der Waals surface area contributed by atoms with Crippen LogP contribution in [-0.2, 0) is 30.6 Å². The molecular formula is C23H30ClN3O6S2. The minimum atomic E-state index is -3.56. The number of sulfonamides is 2. The summed E-state index contributed by atoms with van der Waals surface area (Å²) in [5.41, 5.74) is 0.644. The van der Waals surface area contributed by atoms with E-state index in [-0.39, 0.29) is 36.3 Å². The molecule has 1 saturated heterocycles. The van der Waals surface area contributed by atoms with E-state index in [1.807, 2.05) is 0 Å². The normalized spacial score (nSPS) is 17.3. The lowest BCUT2D eigenvalue weighted by atomic mass is 9.99. The second-order valence-electron chi connectivity index (χ2n) is 8.48. The number of carbonyl (C=O) groups excluding carboxylic acids is 1. The Hall–Kier alpha value is -2.18. The third-order valence-electron chi connectivity index (χ3n) is 5.68. The Morgan fingerprint density at radius 1 is 1.09 bits per heavy atom. The quantitative estimate of drug-likeness (QED) is 0.460. The Morgan fingerprint density at radius 3 is 2.37 bits per heavy atom. The van der Waals surface area contributed by atoms with Gasteiger partial charge in [-0.25, -0.2) is 25.4 Å². The van der Waals surface area contributed by atoms with E-state index in [2.05, 4.69) is 5.32 Å². The number of hydrogen-bond acceptors (Lipinski definition) is 6. The lowest BCUT2D eigenvalue weighted by Crippen LogP contribution is -2.46. The maximum Gasteiger partial charge on any atom is 0.242 e. The highest BCUT2D eigenvalue weighted by Gasteiger charge is 2.32. The van der Waals surface area contributed by atoms with Crippen molar-refractivity contribution in [2.75, 3.05) is 40.3 Å². The number of amides is 1. The summed E-state index contributed by atoms with van der Waals surface area (Å²) in [6.45, 7) is 0.966. The molecule has 3 rings (SSSR count). The van der Waals surface area contributed by atoms with Crippen LogP contribution in [-0.4, -0.2) is 71.7 Å². The zero-order chi connectivity index (χ0) is 25.6. The fraction of sp³-hybridized carbons (Fsp3) is 0.435. The SMILES string of the molecule is CN(C)S(=O)(=O)c1ccc(OCCNC(=O)[C@H]2CCCN(S(=O)(=O)Cc3ccc(Cl)cc3)C2)cc1. The topological polar surface area (TPSA) is 113 Å². The molecule has 9 nitrogen and oxygen atoms in total. The van der Waals surface area contributed by atoms with Crippen LogP contribution in [0.4, 0.5) is 0 Å². The third-order valence-corrected chi connectivity index (χ3v) is 9.58. The van der Waals surface area contributed by atoms with E-state index in [1.165, 1.54) is 30.5 Å². The van der Waals surface area contributed by atoms with Crippen LogP contribution in [0.15, 0.2) is 53.4 Å². The summed E-state index contributed by atoms with van der Waals surface area (Å²) in [4.78, 5) is 12.8. The first kappa shape index (κ1) is 27.4. The van der Waals surface area contributed by atoms with Gasteiger partial charge in [0, 0.05) is 32.2 Å². The van der Waals surface area contributed by atoms with Gasteiger partial charge >= 0.3 is 0 Å². The van der Waals surface area contributed by atoms with E-state index < -0.39 is 26.0 Å². The highest BCUT2D eigenvalue weighted by Crippen LogP contribution is 2.22. The molecule has 0 spiro atoms. The molecule has 192 valence electrons. The van der Waals surface area contributed by atoms with Crippen molar-refractivity contribution in [1.29, 1.82) is 0 Å². The fourth-order valence-corrected chi connectivity index (χ4v) is 6.34. The van der Waals surface area contributed by atoms with Crippen molar-refractivity contribution in [3.63, 3.8) is 0 Å². The Balaban J connectivity index is 1.46. The van der Waals surface area contributed by atoms with E-state index in [0.29, 0.717) is 35.7 Å². The monoisotopic (exact) mass is 543 g/mol. The smallest absolute Gasteiger partial charge is 0.242 e. The first-order valence-corrected chi connectivity index (χ1v) is 14.6. The zero-order valence-corrected chi connectivity index (χ0v) is 22.1. The molecule has 12 heteroatoms. The van der Waals surface area contributed by atoms with Crippen molar-refractivity contribution in [2.24, 2.45) is 5.92 Å². The largest absolute Gasteiger partial charge is 0.492 e. The van der Waals surface area contributed by atoms with Gasteiger partial charge in [-0.3, -0.25) is 4.79 Å². The minimum Gasteiger partial charge on any atom is -0.492 e. The number of halogens is 1. The number of ether oxygens (including phenoxy) is 1. The van der Waals surface area contributed by atoms with Crippen LogP contribution in [0.1, 0.15) is 18.4 Å². The number of nitrogens with one attached hydrogen (secondary N) is 1. The molecule has 0 unspecified atom stereocenters. The molecule has 1 aliphatic rings. The summed E-state index contributed by atoms with van der Waals surface area (Å²) in [5.74, 6) is -0.304. The summed E-state index contributed by atoms with van der Waals surface area (Å²) >= 11 is 5.87. The lowest BCUT2D eigenvalue weighted by molar-refractivity contribution is -0.126. The van der Waals surface area contributed by atoms with Gasteiger partial charge in [-0.2, -0.15) is 0 Å². The molecule has 0 bridgehead atoms. The summed E-state index contributed by atoms with van der Waals surface area (Å²) in [6, 6.07) is 12.7. The maximum atomic E-state index is 12.8. The highest BCUT2D eigenvalue weighted by atomic mass is 35.5. The van der Waals surface area contributed by atoms with Crippen LogP contribution in [0, 0.1) is 5.92 Å². The first-order valence-electron chi connectivity index (χ1n) is 11.1. The molecule has 1 fully saturated rings. The molecule has 0 saturated carbocycles. The van der Waals surface area contributed by atoms with Gasteiger partial charge in [-0.15, -0.1) is 0 Å². The van der Waals surface area contributed by atoms with Crippen molar-refractivity contribution < 1.29 is 26.4 Å². The van der Waals surface area contributed by atoms with Gasteiger partial charge in [0.15, 0.2) is 0 Å². The van der Waals surface area contributed by atoms with E-state index in [1.54, 1.807) is 36.4 Å². The standard InChI is InChI=1S/C23H30ClN3O6S2/c1-26(2)35(31,32)22-11-9-21(10-12-22)33-15-13-25-23(28)19-4-3-14-27(16-19)34(29,30)17-18-5-7-20(24)8-6-18/h5-12,19H,3-4,13-17H2,1-2H3,(H,25,28)/t19-/m0/s1. The molecule has 1 atom stereocenters. The molecule has 0 aliphatic carbocycles. The van der Waals surface area contributed by atoms with Crippen molar-refractivity contribution in [3.05, 3.63) is 59.1 Å². The maximum absolute atomic E-state index is 12.8. The molecule has 1 aliphatic heterocycles. The van der Waals surface area contributed by atoms with Gasteiger partial charge in [0.05, 0.1) is 23.1 Å². The fourth-order valence-electron chi connectivity index (χ4n) is 3.70. The van der Waals surface area contributed by atoms with Gasteiger partial charge in [0.25, 0.3) is 0 Å². The molecule has 2 aromatic carbocycles. The van der Waals surface area contributed by atoms with Gasteiger partial charge in [0.2, 0.25) is 26.0 Å². The Morgan fingerprint density at radius 2 is 1.74 bits per heavy atom. The zero-order valence-electron chi connectivity index (χ0n) is 19.7. The number of rotatable bonds is 10. The van der Waals surface area contributed by atoms with Crippen LogP contribution >= 0.6 is 11.6 Å². The number of piperidine rings is 1. The van der Waals surface area contributed by atoms with Crippen molar-refractivity contribution in [2.45, 2.75) is 23.5 Å². The number of benzene rings is 2. The predicted molar refractivity (Wildman–Crippen MR) is 134 cm³/mol. The summed E-state index contributed by atoms with van der Waals surface area (Å²) in [7, 11) is -4.14. The highest BCUT2D eigenvalue weighted by molar-refractivity contribution is 7.89. The van der Waals surface area contributed by atoms with Crippen LogP contribution in [0.2, 0.25) is 5.02 Å². The number of nitrogens with zero attached hydrogens (tertiary/aromatic N) is 2. The number of carbonyl (C=O) groups is 1. The second-order valence-corrected chi connectivity index (χ2v) is 13.0. The lowest BCUT2D eigenvalue weighted by Gasteiger charge is -2.31. The minimum absolute atomic E-state index is 0.138. The predicted octanol–water partition coefficient (Wildman–Crippen LogP) is 2.33. The molecule has 0 aromatic heterocycles. The molecule has 1 heterocycles. The molecule has 2 aromatic rings. The van der Waals surface area contributed by atoms with Crippen LogP contribution in [0.25, 0.3) is 0 Å². The van der Waals surface area contributed by atoms with E-state index in [9.17, 15) is 21.6 Å². The van der Waals surface area contributed by atoms with Crippen LogP contribution in [0.5, 0.6) is 5.75 Å². The molecule has 35 heavy (non-hydrogen) atoms. The second kappa shape index (κ2) is 11.7. The Kier molecular flexibility index (Phi) is 9.16. The van der Waals surface area contributed by atoms with Crippen LogP contribution in [0.3, 0.4) is 0 Å². The molecule has 1 amide bonds. The summed E-state index contributed by atoms with van der Waals surface area (Å²) in [5, 5.41) is 3.34. The third kappa shape index (κ3) is 7.40. The average Bonchev–Trinajstić information content (AvgIpc) is 2.83. The van der Waals surface area contributed by atoms with E-state index >= 15 is 0 Å². The van der Waals surface area contributed by atoms with E-state index in [0.717, 1.165) is 4.31 Å². The summed E-state index contributed by atoms with van der Waals surface area (Å²) in [6.07, 6.45) is 1.22. The van der Waals surface area contributed by atoms with Crippen molar-refractivity contribution >= 4 is 37.6 Å². The molecular weight excluding hydrogens is 514 g/mol. The molecule has 1 N–H and O–H groups in total. The number of hydrogen-bond donors (Lipinski definition) is 1. The Bertz CT molecular complexity index is 1220. The molecule has 0 radical (unpaired) electrons. The average molecular weight is 544 g/mol. The first-order chi connectivity index (χ1) is 16.5. The van der Waals surface area contributed by atoms with Crippen LogP contribution < -0.4 is 10.1 Å².